The molecule has 6 nitrogen and oxygen atoms in total. The third kappa shape index (κ3) is 2.50. The summed E-state index contributed by atoms with van der Waals surface area (Å²) in [6, 6.07) is 4.83. The topological polar surface area (TPSA) is 86.1 Å². The fourth-order valence-corrected chi connectivity index (χ4v) is 1.80. The Labute approximate surface area is 104 Å². The van der Waals surface area contributed by atoms with Gasteiger partial charge >= 0.3 is 5.97 Å². The summed E-state index contributed by atoms with van der Waals surface area (Å²) in [5, 5.41) is 19.5. The van der Waals surface area contributed by atoms with Gasteiger partial charge in [-0.15, -0.1) is 0 Å². The van der Waals surface area contributed by atoms with E-state index in [4.69, 9.17) is 5.11 Å². The summed E-state index contributed by atoms with van der Waals surface area (Å²) < 4.78 is 0. The molecule has 1 aliphatic heterocycles. The molecule has 1 aliphatic rings. The largest absolute Gasteiger partial charge is 0.480 e. The number of nitrogens with one attached hydrogen (secondary N) is 2. The Balaban J connectivity index is 2.25. The molecule has 0 aromatic heterocycles. The van der Waals surface area contributed by atoms with E-state index in [2.05, 4.69) is 33.7 Å². The highest BCUT2D eigenvalue weighted by atomic mass is 32.1. The maximum absolute atomic E-state index is 10.9. The maximum Gasteiger partial charge on any atom is 0.326 e. The van der Waals surface area contributed by atoms with Gasteiger partial charge in [-0.05, 0) is 6.07 Å². The SMILES string of the molecule is O=C(O)[C@H](CS)Nc1cccc2c1NN=NC2. The number of benzene rings is 1. The number of aliphatic carboxylic acids is 1. The minimum atomic E-state index is -0.935. The molecule has 2 rings (SSSR count). The van der Waals surface area contributed by atoms with Crippen LogP contribution in [0.1, 0.15) is 5.56 Å². The van der Waals surface area contributed by atoms with Crippen molar-refractivity contribution in [1.29, 1.82) is 0 Å². The molecule has 0 unspecified atom stereocenters. The van der Waals surface area contributed by atoms with E-state index in [0.29, 0.717) is 12.2 Å². The highest BCUT2D eigenvalue weighted by molar-refractivity contribution is 7.80. The lowest BCUT2D eigenvalue weighted by molar-refractivity contribution is -0.137. The number of anilines is 2. The van der Waals surface area contributed by atoms with E-state index in [-0.39, 0.29) is 5.75 Å². The van der Waals surface area contributed by atoms with Crippen molar-refractivity contribution in [2.45, 2.75) is 12.6 Å². The van der Waals surface area contributed by atoms with Gasteiger partial charge in [-0.3, -0.25) is 5.43 Å². The number of para-hydroxylation sites is 1. The summed E-state index contributed by atoms with van der Waals surface area (Å²) >= 11 is 4.01. The van der Waals surface area contributed by atoms with Crippen LogP contribution < -0.4 is 10.7 Å². The van der Waals surface area contributed by atoms with E-state index in [0.717, 1.165) is 11.3 Å². The van der Waals surface area contributed by atoms with Crippen molar-refractivity contribution in [2.24, 2.45) is 10.3 Å². The Hall–Kier alpha value is -1.76. The van der Waals surface area contributed by atoms with E-state index in [1.807, 2.05) is 12.1 Å². The minimum absolute atomic E-state index is 0.209. The summed E-state index contributed by atoms with van der Waals surface area (Å²) in [4.78, 5) is 10.9. The molecule has 0 amide bonds. The summed E-state index contributed by atoms with van der Waals surface area (Å²) in [6.45, 7) is 0.496. The number of rotatable bonds is 4. The van der Waals surface area contributed by atoms with Crippen molar-refractivity contribution in [3.05, 3.63) is 23.8 Å². The van der Waals surface area contributed by atoms with Gasteiger partial charge in [0.25, 0.3) is 0 Å². The lowest BCUT2D eigenvalue weighted by Crippen LogP contribution is -2.31. The Morgan fingerprint density at radius 2 is 2.47 bits per heavy atom. The minimum Gasteiger partial charge on any atom is -0.480 e. The van der Waals surface area contributed by atoms with Crippen LogP contribution in [0.25, 0.3) is 0 Å². The second-order valence-corrected chi connectivity index (χ2v) is 3.93. The fraction of sp³-hybridized carbons (Fsp3) is 0.300. The second kappa shape index (κ2) is 5.05. The summed E-state index contributed by atoms with van der Waals surface area (Å²) in [7, 11) is 0. The molecule has 0 aliphatic carbocycles. The number of carboxylic acid groups (broad SMARTS) is 1. The van der Waals surface area contributed by atoms with Crippen molar-refractivity contribution in [3.8, 4) is 0 Å². The predicted octanol–water partition coefficient (Wildman–Crippen LogP) is 1.77. The quantitative estimate of drug-likeness (QED) is 0.615. The molecule has 0 saturated heterocycles. The third-order valence-electron chi connectivity index (χ3n) is 2.43. The molecule has 90 valence electrons. The highest BCUT2D eigenvalue weighted by Gasteiger charge is 2.18. The molecule has 0 radical (unpaired) electrons. The number of thiol groups is 1. The number of fused-ring (bicyclic) bond motifs is 1. The van der Waals surface area contributed by atoms with Crippen LogP contribution in [0, 0.1) is 0 Å². The molecule has 17 heavy (non-hydrogen) atoms. The molecule has 7 heteroatoms. The first-order chi connectivity index (χ1) is 8.22. The number of nitrogens with zero attached hydrogens (tertiary/aromatic N) is 2. The van der Waals surface area contributed by atoms with Gasteiger partial charge in [-0.1, -0.05) is 17.4 Å². The molecule has 1 atom stereocenters. The summed E-state index contributed by atoms with van der Waals surface area (Å²) in [5.41, 5.74) is 5.23. The first-order valence-corrected chi connectivity index (χ1v) is 5.70. The number of carboxylic acids is 1. The standard InChI is InChI=1S/C10H12N4O2S/c15-10(16)8(5-17)12-7-3-1-2-6-4-11-14-13-9(6)7/h1-3,8,12,17H,4-5H2,(H,11,13)(H,15,16)/t8-/m0/s1. The van der Waals surface area contributed by atoms with Gasteiger partial charge in [-0.2, -0.15) is 17.7 Å². The van der Waals surface area contributed by atoms with Crippen molar-refractivity contribution in [2.75, 3.05) is 16.5 Å². The average molecular weight is 252 g/mol. The normalized spacial score (nSPS) is 14.6. The summed E-state index contributed by atoms with van der Waals surface area (Å²) in [6.07, 6.45) is 0. The molecule has 0 saturated carbocycles. The number of hydrogen-bond acceptors (Lipinski definition) is 6. The Bertz CT molecular complexity index is 464. The lowest BCUT2D eigenvalue weighted by atomic mass is 10.1. The van der Waals surface area contributed by atoms with Gasteiger partial charge in [-0.25, -0.2) is 4.79 Å². The van der Waals surface area contributed by atoms with E-state index >= 15 is 0 Å². The van der Waals surface area contributed by atoms with Gasteiger partial charge in [0.1, 0.15) is 6.04 Å². The number of hydrogen-bond donors (Lipinski definition) is 4. The second-order valence-electron chi connectivity index (χ2n) is 3.57. The molecule has 1 aromatic carbocycles. The first-order valence-electron chi connectivity index (χ1n) is 5.07. The first kappa shape index (κ1) is 11.7. The van der Waals surface area contributed by atoms with E-state index < -0.39 is 12.0 Å². The Kier molecular flexibility index (Phi) is 3.48. The van der Waals surface area contributed by atoms with Crippen molar-refractivity contribution in [3.63, 3.8) is 0 Å². The summed E-state index contributed by atoms with van der Waals surface area (Å²) in [5.74, 6) is -0.726. The number of carbonyl (C=O) groups is 1. The molecule has 0 spiro atoms. The Morgan fingerprint density at radius 3 is 3.18 bits per heavy atom. The smallest absolute Gasteiger partial charge is 0.326 e. The van der Waals surface area contributed by atoms with E-state index in [1.165, 1.54) is 0 Å². The van der Waals surface area contributed by atoms with Crippen molar-refractivity contribution in [1.82, 2.24) is 0 Å². The van der Waals surface area contributed by atoms with Crippen LogP contribution in [0.2, 0.25) is 0 Å². The molecule has 3 N–H and O–H groups in total. The fourth-order valence-electron chi connectivity index (χ4n) is 1.55. The van der Waals surface area contributed by atoms with E-state index in [1.54, 1.807) is 6.07 Å². The van der Waals surface area contributed by atoms with Crippen LogP contribution in [-0.4, -0.2) is 22.9 Å². The molecule has 0 fully saturated rings. The van der Waals surface area contributed by atoms with Crippen LogP contribution in [0.4, 0.5) is 11.4 Å². The molecule has 1 heterocycles. The third-order valence-corrected chi connectivity index (χ3v) is 2.80. The molecule has 1 aromatic rings. The zero-order chi connectivity index (χ0) is 12.3. The van der Waals surface area contributed by atoms with Gasteiger partial charge in [0.15, 0.2) is 0 Å². The highest BCUT2D eigenvalue weighted by Crippen LogP contribution is 2.29. The van der Waals surface area contributed by atoms with Crippen LogP contribution >= 0.6 is 12.6 Å². The van der Waals surface area contributed by atoms with E-state index in [9.17, 15) is 4.79 Å². The average Bonchev–Trinajstić information content (AvgIpc) is 2.35. The maximum atomic E-state index is 10.9. The van der Waals surface area contributed by atoms with Crippen LogP contribution in [-0.2, 0) is 11.3 Å². The van der Waals surface area contributed by atoms with Crippen molar-refractivity contribution >= 4 is 30.0 Å². The predicted molar refractivity (Wildman–Crippen MR) is 67.5 cm³/mol. The van der Waals surface area contributed by atoms with Gasteiger partial charge in [0, 0.05) is 11.3 Å². The van der Waals surface area contributed by atoms with Crippen LogP contribution in [0.3, 0.4) is 0 Å². The zero-order valence-electron chi connectivity index (χ0n) is 8.92. The molecule has 0 bridgehead atoms. The van der Waals surface area contributed by atoms with Crippen LogP contribution in [0.15, 0.2) is 28.5 Å². The Morgan fingerprint density at radius 1 is 1.65 bits per heavy atom. The van der Waals surface area contributed by atoms with Gasteiger partial charge in [0.2, 0.25) is 0 Å². The monoisotopic (exact) mass is 252 g/mol. The lowest BCUT2D eigenvalue weighted by Gasteiger charge is -2.19. The van der Waals surface area contributed by atoms with Gasteiger partial charge < -0.3 is 10.4 Å². The van der Waals surface area contributed by atoms with Gasteiger partial charge in [0.05, 0.1) is 17.9 Å². The zero-order valence-corrected chi connectivity index (χ0v) is 9.82. The molecular formula is C10H12N4O2S. The molecular weight excluding hydrogens is 240 g/mol. The van der Waals surface area contributed by atoms with Crippen molar-refractivity contribution < 1.29 is 9.90 Å². The van der Waals surface area contributed by atoms with Crippen LogP contribution in [0.5, 0.6) is 0 Å².